The number of carbonyl (C=O) groups excluding carboxylic acids is 1. The van der Waals surface area contributed by atoms with E-state index in [9.17, 15) is 4.79 Å². The van der Waals surface area contributed by atoms with E-state index >= 15 is 0 Å². The molecule has 0 aromatic heterocycles. The summed E-state index contributed by atoms with van der Waals surface area (Å²) in [6.45, 7) is 0.809. The molecule has 0 spiro atoms. The predicted octanol–water partition coefficient (Wildman–Crippen LogP) is 2.70. The number of hydrogen-bond donors (Lipinski definition) is 1. The summed E-state index contributed by atoms with van der Waals surface area (Å²) in [6, 6.07) is 8.04. The normalized spacial score (nSPS) is 24.5. The molecule has 4 nitrogen and oxygen atoms in total. The van der Waals surface area contributed by atoms with E-state index < -0.39 is 0 Å². The smallest absolute Gasteiger partial charge is 0.324 e. The van der Waals surface area contributed by atoms with E-state index in [-0.39, 0.29) is 6.03 Å². The number of hydrogen-bond acceptors (Lipinski definition) is 2. The van der Waals surface area contributed by atoms with Crippen LogP contribution in [0.4, 0.5) is 16.2 Å². The number of nitrogens with zero attached hydrogens (tertiary/aromatic N) is 2. The van der Waals surface area contributed by atoms with Gasteiger partial charge in [0.1, 0.15) is 0 Å². The molecule has 2 N–H and O–H groups in total. The topological polar surface area (TPSA) is 49.6 Å². The number of urea groups is 1. The average molecular weight is 259 g/mol. The SMILES string of the molecule is CN1C(=O)N(c2ccc(N)cc2)CC1C1CCCC1. The summed E-state index contributed by atoms with van der Waals surface area (Å²) in [7, 11) is 1.93. The molecule has 19 heavy (non-hydrogen) atoms. The molecule has 0 radical (unpaired) electrons. The minimum absolute atomic E-state index is 0.113. The number of benzene rings is 1. The molecule has 1 aromatic carbocycles. The molecule has 1 atom stereocenters. The third-order valence-corrected chi connectivity index (χ3v) is 4.55. The first-order valence-electron chi connectivity index (χ1n) is 7.06. The molecule has 3 rings (SSSR count). The van der Waals surface area contributed by atoms with Gasteiger partial charge in [0.25, 0.3) is 0 Å². The minimum Gasteiger partial charge on any atom is -0.399 e. The molecule has 1 aliphatic carbocycles. The van der Waals surface area contributed by atoms with Gasteiger partial charge in [0, 0.05) is 25.0 Å². The summed E-state index contributed by atoms with van der Waals surface area (Å²) in [6.07, 6.45) is 5.14. The van der Waals surface area contributed by atoms with Gasteiger partial charge in [-0.2, -0.15) is 0 Å². The molecule has 4 heteroatoms. The van der Waals surface area contributed by atoms with Crippen molar-refractivity contribution in [3.05, 3.63) is 24.3 Å². The highest BCUT2D eigenvalue weighted by molar-refractivity contribution is 5.94. The Kier molecular flexibility index (Phi) is 3.09. The molecule has 0 bridgehead atoms. The first kappa shape index (κ1) is 12.3. The third-order valence-electron chi connectivity index (χ3n) is 4.55. The fourth-order valence-electron chi connectivity index (χ4n) is 3.40. The second kappa shape index (κ2) is 4.76. The van der Waals surface area contributed by atoms with E-state index in [2.05, 4.69) is 0 Å². The van der Waals surface area contributed by atoms with Gasteiger partial charge in [0.2, 0.25) is 0 Å². The van der Waals surface area contributed by atoms with Crippen LogP contribution in [0.25, 0.3) is 0 Å². The number of carbonyl (C=O) groups is 1. The molecule has 102 valence electrons. The zero-order valence-electron chi connectivity index (χ0n) is 11.4. The van der Waals surface area contributed by atoms with Gasteiger partial charge < -0.3 is 10.6 Å². The van der Waals surface area contributed by atoms with Crippen LogP contribution in [0.5, 0.6) is 0 Å². The number of amides is 2. The lowest BCUT2D eigenvalue weighted by Crippen LogP contribution is -2.35. The molecule has 1 aromatic rings. The molecule has 1 saturated carbocycles. The maximum absolute atomic E-state index is 12.4. The van der Waals surface area contributed by atoms with Crippen molar-refractivity contribution in [1.29, 1.82) is 0 Å². The van der Waals surface area contributed by atoms with Gasteiger partial charge in [0.05, 0.1) is 6.04 Å². The first-order valence-corrected chi connectivity index (χ1v) is 7.06. The summed E-state index contributed by atoms with van der Waals surface area (Å²) in [5.41, 5.74) is 7.38. The summed E-state index contributed by atoms with van der Waals surface area (Å²) in [5.74, 6) is 0.674. The Bertz CT molecular complexity index is 465. The summed E-state index contributed by atoms with van der Waals surface area (Å²) < 4.78 is 0. The maximum atomic E-state index is 12.4. The fourth-order valence-corrected chi connectivity index (χ4v) is 3.40. The number of rotatable bonds is 2. The molecule has 2 amide bonds. The van der Waals surface area contributed by atoms with Gasteiger partial charge >= 0.3 is 6.03 Å². The van der Waals surface area contributed by atoms with Gasteiger partial charge in [-0.15, -0.1) is 0 Å². The maximum Gasteiger partial charge on any atom is 0.324 e. The molecule has 1 heterocycles. The van der Waals surface area contributed by atoms with E-state index in [1.165, 1.54) is 25.7 Å². The highest BCUT2D eigenvalue weighted by atomic mass is 16.2. The number of nitrogen functional groups attached to an aromatic ring is 1. The second-order valence-corrected chi connectivity index (χ2v) is 5.71. The standard InChI is InChI=1S/C15H21N3O/c1-17-14(11-4-2-3-5-11)10-18(15(17)19)13-8-6-12(16)7-9-13/h6-9,11,14H,2-5,10,16H2,1H3. The van der Waals surface area contributed by atoms with Crippen LogP contribution in [0.1, 0.15) is 25.7 Å². The predicted molar refractivity (Wildman–Crippen MR) is 77.1 cm³/mol. The minimum atomic E-state index is 0.113. The monoisotopic (exact) mass is 259 g/mol. The van der Waals surface area contributed by atoms with Crippen LogP contribution in [0, 0.1) is 5.92 Å². The van der Waals surface area contributed by atoms with Crippen molar-refractivity contribution in [2.75, 3.05) is 24.2 Å². The second-order valence-electron chi connectivity index (χ2n) is 5.71. The molecule has 1 saturated heterocycles. The lowest BCUT2D eigenvalue weighted by Gasteiger charge is -2.23. The van der Waals surface area contributed by atoms with Gasteiger partial charge in [-0.05, 0) is 43.0 Å². The molecular formula is C15H21N3O. The van der Waals surface area contributed by atoms with E-state index in [4.69, 9.17) is 5.73 Å². The van der Waals surface area contributed by atoms with Crippen molar-refractivity contribution in [3.8, 4) is 0 Å². The van der Waals surface area contributed by atoms with Gasteiger partial charge in [-0.1, -0.05) is 12.8 Å². The summed E-state index contributed by atoms with van der Waals surface area (Å²) >= 11 is 0. The third kappa shape index (κ3) is 2.15. The van der Waals surface area contributed by atoms with Crippen LogP contribution in [0.15, 0.2) is 24.3 Å². The first-order chi connectivity index (χ1) is 9.16. The van der Waals surface area contributed by atoms with Crippen molar-refractivity contribution in [3.63, 3.8) is 0 Å². The van der Waals surface area contributed by atoms with Crippen LogP contribution in [-0.2, 0) is 0 Å². The average Bonchev–Trinajstić information content (AvgIpc) is 3.02. The fraction of sp³-hybridized carbons (Fsp3) is 0.533. The quantitative estimate of drug-likeness (QED) is 0.830. The van der Waals surface area contributed by atoms with Crippen LogP contribution in [0.3, 0.4) is 0 Å². The Morgan fingerprint density at radius 3 is 2.42 bits per heavy atom. The van der Waals surface area contributed by atoms with Crippen molar-refractivity contribution >= 4 is 17.4 Å². The zero-order chi connectivity index (χ0) is 13.4. The molecule has 2 aliphatic rings. The molecule has 1 unspecified atom stereocenters. The Labute approximate surface area is 114 Å². The molecule has 1 aliphatic heterocycles. The number of nitrogens with two attached hydrogens (primary N) is 1. The highest BCUT2D eigenvalue weighted by Gasteiger charge is 2.40. The molecular weight excluding hydrogens is 238 g/mol. The van der Waals surface area contributed by atoms with Crippen LogP contribution >= 0.6 is 0 Å². The van der Waals surface area contributed by atoms with Crippen LogP contribution in [0.2, 0.25) is 0 Å². The number of likely N-dealkylation sites (N-methyl/N-ethyl adjacent to an activating group) is 1. The Morgan fingerprint density at radius 1 is 1.16 bits per heavy atom. The van der Waals surface area contributed by atoms with Gasteiger partial charge in [-0.3, -0.25) is 4.90 Å². The van der Waals surface area contributed by atoms with E-state index in [0.717, 1.165) is 17.9 Å². The summed E-state index contributed by atoms with van der Waals surface area (Å²) in [4.78, 5) is 16.2. The highest BCUT2D eigenvalue weighted by Crippen LogP contribution is 2.34. The van der Waals surface area contributed by atoms with Crippen LogP contribution in [-0.4, -0.2) is 30.6 Å². The Morgan fingerprint density at radius 2 is 1.79 bits per heavy atom. The van der Waals surface area contributed by atoms with Gasteiger partial charge in [0.15, 0.2) is 0 Å². The largest absolute Gasteiger partial charge is 0.399 e. The Hall–Kier alpha value is -1.71. The zero-order valence-corrected chi connectivity index (χ0v) is 11.4. The Balaban J connectivity index is 1.80. The lowest BCUT2D eigenvalue weighted by atomic mass is 9.98. The van der Waals surface area contributed by atoms with Crippen molar-refractivity contribution in [2.45, 2.75) is 31.7 Å². The van der Waals surface area contributed by atoms with Crippen molar-refractivity contribution in [2.24, 2.45) is 5.92 Å². The lowest BCUT2D eigenvalue weighted by molar-refractivity contribution is 0.202. The van der Waals surface area contributed by atoms with Crippen molar-refractivity contribution < 1.29 is 4.79 Å². The molecule has 2 fully saturated rings. The van der Waals surface area contributed by atoms with Gasteiger partial charge in [-0.25, -0.2) is 4.79 Å². The van der Waals surface area contributed by atoms with E-state index in [0.29, 0.717) is 12.0 Å². The van der Waals surface area contributed by atoms with E-state index in [1.807, 2.05) is 41.1 Å². The van der Waals surface area contributed by atoms with E-state index in [1.54, 1.807) is 0 Å². The number of anilines is 2. The van der Waals surface area contributed by atoms with Crippen molar-refractivity contribution in [1.82, 2.24) is 4.90 Å². The summed E-state index contributed by atoms with van der Waals surface area (Å²) in [5, 5.41) is 0. The van der Waals surface area contributed by atoms with Crippen LogP contribution < -0.4 is 10.6 Å².